The van der Waals surface area contributed by atoms with Crippen LogP contribution in [0.1, 0.15) is 0 Å². The summed E-state index contributed by atoms with van der Waals surface area (Å²) in [6, 6.07) is 0. The molecule has 0 unspecified atom stereocenters. The van der Waals surface area contributed by atoms with E-state index in [2.05, 4.69) is 20.5 Å². The van der Waals surface area contributed by atoms with Crippen molar-refractivity contribution in [3.63, 3.8) is 0 Å². The molecule has 0 fully saturated rings. The van der Waals surface area contributed by atoms with Gasteiger partial charge in [-0.2, -0.15) is 0 Å². The zero-order valence-corrected chi connectivity index (χ0v) is 9.50. The van der Waals surface area contributed by atoms with Crippen LogP contribution in [-0.2, 0) is 0 Å². The Hall–Kier alpha value is -3.33. The maximum absolute atomic E-state index is 10.3. The van der Waals surface area contributed by atoms with E-state index < -0.39 is 21.5 Å². The van der Waals surface area contributed by atoms with Crippen LogP contribution < -0.4 is 17.4 Å². The average Bonchev–Trinajstić information content (AvgIpc) is 2.88. The second-order valence-corrected chi connectivity index (χ2v) is 3.05. The third-order valence-corrected chi connectivity index (χ3v) is 1.76. The van der Waals surface area contributed by atoms with E-state index in [0.717, 1.165) is 0 Å². The normalized spacial score (nSPS) is 14.9. The largest absolute Gasteiger partial charge is 0.423 e. The molecule has 0 amide bonds. The number of hydrogen-bond acceptors (Lipinski definition) is 11. The summed E-state index contributed by atoms with van der Waals surface area (Å²) in [5.74, 6) is 7.79. The van der Waals surface area contributed by atoms with Gasteiger partial charge in [0.25, 0.3) is 0 Å². The lowest BCUT2D eigenvalue weighted by atomic mass is 10.3. The molecule has 0 aromatic rings. The zero-order valence-electron chi connectivity index (χ0n) is 9.50. The van der Waals surface area contributed by atoms with Gasteiger partial charge >= 0.3 is 11.6 Å². The fourth-order valence-corrected chi connectivity index (χ4v) is 0.931. The number of hydrogen-bond donors (Lipinski definition) is 4. The second-order valence-electron chi connectivity index (χ2n) is 3.05. The zero-order chi connectivity index (χ0) is 15.4. The highest BCUT2D eigenvalue weighted by atomic mass is 16.6. The summed E-state index contributed by atoms with van der Waals surface area (Å²) >= 11 is 0. The Morgan fingerprint density at radius 2 is 1.30 bits per heavy atom. The van der Waals surface area contributed by atoms with Gasteiger partial charge in [-0.05, 0) is 20.1 Å². The minimum absolute atomic E-state index is 0.262. The van der Waals surface area contributed by atoms with Crippen molar-refractivity contribution in [1.82, 2.24) is 5.12 Å². The number of nitro groups is 2. The van der Waals surface area contributed by atoms with Gasteiger partial charge in [0, 0.05) is 0 Å². The van der Waals surface area contributed by atoms with Crippen LogP contribution in [0.15, 0.2) is 43.5 Å². The van der Waals surface area contributed by atoms with Gasteiger partial charge < -0.3 is 26.0 Å². The number of azo groups is 2. The van der Waals surface area contributed by atoms with Crippen molar-refractivity contribution in [3.8, 4) is 0 Å². The molecule has 0 aliphatic carbocycles. The molecule has 0 spiro atoms. The van der Waals surface area contributed by atoms with E-state index in [0.29, 0.717) is 5.12 Å². The van der Waals surface area contributed by atoms with Crippen molar-refractivity contribution in [2.24, 2.45) is 37.9 Å². The van der Waals surface area contributed by atoms with Crippen LogP contribution in [0.4, 0.5) is 0 Å². The van der Waals surface area contributed by atoms with Crippen LogP contribution in [0.3, 0.4) is 0 Å². The summed E-state index contributed by atoms with van der Waals surface area (Å²) in [4.78, 5) is 19.0. The molecule has 2 heterocycles. The Balaban J connectivity index is 0.000000286. The van der Waals surface area contributed by atoms with E-state index in [1.807, 2.05) is 0 Å². The van der Waals surface area contributed by atoms with E-state index in [9.17, 15) is 20.2 Å². The standard InChI is InChI=1S/C4N6O4.CH7N5/c11-9(12)3-1-2(6-7-3)4(8-5-1)10(13)14;2-1(3)6(4)5/h;4-5H2,(H3,2,3). The molecule has 2 aliphatic heterocycles. The predicted octanol–water partition coefficient (Wildman–Crippen LogP) is -1.26. The summed E-state index contributed by atoms with van der Waals surface area (Å²) in [5.41, 5.74) is 4.17. The number of nitrogens with one attached hydrogen (secondary N) is 1. The van der Waals surface area contributed by atoms with Crippen LogP contribution in [-0.4, -0.2) is 20.9 Å². The van der Waals surface area contributed by atoms with E-state index in [-0.39, 0.29) is 17.4 Å². The van der Waals surface area contributed by atoms with Crippen LogP contribution in [0.25, 0.3) is 0 Å². The minimum atomic E-state index is -0.826. The van der Waals surface area contributed by atoms with Crippen LogP contribution in [0, 0.1) is 25.6 Å². The van der Waals surface area contributed by atoms with Gasteiger partial charge in [-0.3, -0.25) is 5.41 Å². The van der Waals surface area contributed by atoms with Crippen LogP contribution in [0.5, 0.6) is 0 Å². The Bertz CT molecular complexity index is 554. The Labute approximate surface area is 108 Å². The highest BCUT2D eigenvalue weighted by molar-refractivity contribution is 5.73. The summed E-state index contributed by atoms with van der Waals surface area (Å²) in [6.45, 7) is 0. The van der Waals surface area contributed by atoms with E-state index in [4.69, 9.17) is 22.8 Å². The van der Waals surface area contributed by atoms with Crippen molar-refractivity contribution in [3.05, 3.63) is 43.3 Å². The summed E-state index contributed by atoms with van der Waals surface area (Å²) in [7, 11) is 0. The van der Waals surface area contributed by atoms with Gasteiger partial charge in [-0.1, -0.05) is 0 Å². The number of guanidine groups is 1. The number of hydrazine groups is 2. The molecular formula is C5H7N11O4. The topological polar surface area (TPSA) is 241 Å². The molecule has 7 N–H and O–H groups in total. The van der Waals surface area contributed by atoms with E-state index in [1.54, 1.807) is 0 Å². The smallest absolute Gasteiger partial charge is 0.368 e. The number of rotatable bonds is 2. The number of nitrogens with zero attached hydrogens (tertiary/aromatic N) is 7. The molecule has 0 saturated heterocycles. The van der Waals surface area contributed by atoms with Crippen molar-refractivity contribution in [2.45, 2.75) is 0 Å². The van der Waals surface area contributed by atoms with Gasteiger partial charge in [-0.25, -0.2) is 16.8 Å². The molecule has 0 aromatic carbocycles. The van der Waals surface area contributed by atoms with Crippen molar-refractivity contribution < 1.29 is 9.85 Å². The molecular weight excluding hydrogens is 278 g/mol. The molecule has 0 saturated carbocycles. The number of nitrogens with two attached hydrogens (primary N) is 3. The lowest BCUT2D eigenvalue weighted by Gasteiger charge is -2.04. The molecule has 106 valence electrons. The van der Waals surface area contributed by atoms with Gasteiger partial charge in [0.05, 0.1) is 10.2 Å². The first-order chi connectivity index (χ1) is 9.25. The third kappa shape index (κ3) is 2.91. The highest BCUT2D eigenvalue weighted by Gasteiger charge is 2.42. The average molecular weight is 285 g/mol. The predicted molar refractivity (Wildman–Crippen MR) is 59.9 cm³/mol. The fraction of sp³-hybridized carbons (Fsp3) is 0. The maximum Gasteiger partial charge on any atom is 0.423 e. The first-order valence-corrected chi connectivity index (χ1v) is 4.50. The quantitative estimate of drug-likeness (QED) is 0.156. The van der Waals surface area contributed by atoms with E-state index in [1.165, 1.54) is 0 Å². The Kier molecular flexibility index (Phi) is 4.08. The molecule has 2 rings (SSSR count). The molecule has 0 radical (unpaired) electrons. The van der Waals surface area contributed by atoms with Crippen LogP contribution >= 0.6 is 0 Å². The summed E-state index contributed by atoms with van der Waals surface area (Å²) in [6.07, 6.45) is 0. The molecule has 0 aromatic heterocycles. The molecule has 2 aliphatic rings. The fourth-order valence-electron chi connectivity index (χ4n) is 0.931. The molecule has 15 nitrogen and oxygen atoms in total. The van der Waals surface area contributed by atoms with Crippen molar-refractivity contribution >= 4 is 5.96 Å². The lowest BCUT2D eigenvalue weighted by Crippen LogP contribution is -2.47. The Morgan fingerprint density at radius 3 is 1.50 bits per heavy atom. The highest BCUT2D eigenvalue weighted by Crippen LogP contribution is 2.34. The first-order valence-electron chi connectivity index (χ1n) is 4.50. The van der Waals surface area contributed by atoms with Gasteiger partial charge in [0.15, 0.2) is 0 Å². The van der Waals surface area contributed by atoms with Crippen LogP contribution in [0.2, 0.25) is 0 Å². The van der Waals surface area contributed by atoms with Crippen molar-refractivity contribution in [2.75, 3.05) is 0 Å². The van der Waals surface area contributed by atoms with Crippen molar-refractivity contribution in [1.29, 1.82) is 5.41 Å². The third-order valence-electron chi connectivity index (χ3n) is 1.76. The van der Waals surface area contributed by atoms with Gasteiger partial charge in [-0.15, -0.1) is 0 Å². The molecule has 0 atom stereocenters. The van der Waals surface area contributed by atoms with Gasteiger partial charge in [0.2, 0.25) is 17.4 Å². The summed E-state index contributed by atoms with van der Waals surface area (Å²) in [5, 5.41) is 40.4. The first kappa shape index (κ1) is 14.7. The second kappa shape index (κ2) is 5.54. The molecule has 0 bridgehead atoms. The van der Waals surface area contributed by atoms with Gasteiger partial charge in [0.1, 0.15) is 0 Å². The maximum atomic E-state index is 10.3. The molecule has 15 heteroatoms. The lowest BCUT2D eigenvalue weighted by molar-refractivity contribution is -0.427. The van der Waals surface area contributed by atoms with E-state index >= 15 is 0 Å². The number of fused-ring (bicyclic) bond motifs is 1. The minimum Gasteiger partial charge on any atom is -0.368 e. The SMILES string of the molecule is N=C(N)N(N)N.O=[N+]([O-])C1=C2N=NC([N+](=O)[O-])=C2N=N1. The molecule has 20 heavy (non-hydrogen) atoms. The summed E-state index contributed by atoms with van der Waals surface area (Å²) < 4.78 is 0. The Morgan fingerprint density at radius 1 is 1.00 bits per heavy atom. The monoisotopic (exact) mass is 285 g/mol.